The summed E-state index contributed by atoms with van der Waals surface area (Å²) in [7, 11) is -3.44. The average Bonchev–Trinajstić information content (AvgIpc) is 2.49. The van der Waals surface area contributed by atoms with E-state index < -0.39 is 10.1 Å². The standard InChI is InChI=1S/C18H30O3S.Li.H/c1-2-3-4-5-6-7-8-9-10-14-17-22(19,20)21-18-15-12-11-13-16-18;;/h11-13,15-16H,2-10,14,17H2,1H3;;/q;+1;-1. The van der Waals surface area contributed by atoms with Crippen LogP contribution >= 0.6 is 0 Å². The third kappa shape index (κ3) is 12.6. The van der Waals surface area contributed by atoms with Crippen LogP contribution in [-0.4, -0.2) is 14.2 Å². The maximum atomic E-state index is 11.8. The van der Waals surface area contributed by atoms with Gasteiger partial charge in [-0.2, -0.15) is 8.42 Å². The normalized spacial score (nSPS) is 11.0. The summed E-state index contributed by atoms with van der Waals surface area (Å²) >= 11 is 0. The van der Waals surface area contributed by atoms with Gasteiger partial charge in [0.15, 0.2) is 0 Å². The third-order valence-electron chi connectivity index (χ3n) is 3.71. The molecule has 0 aliphatic heterocycles. The Hall–Kier alpha value is -0.433. The molecule has 0 atom stereocenters. The van der Waals surface area contributed by atoms with Crippen molar-refractivity contribution in [1.82, 2.24) is 0 Å². The molecule has 1 aromatic rings. The minimum Gasteiger partial charge on any atom is -1.00 e. The van der Waals surface area contributed by atoms with E-state index in [2.05, 4.69) is 6.92 Å². The maximum Gasteiger partial charge on any atom is 1.00 e. The fraction of sp³-hybridized carbons (Fsp3) is 0.667. The summed E-state index contributed by atoms with van der Waals surface area (Å²) in [5.41, 5.74) is 0. The van der Waals surface area contributed by atoms with Gasteiger partial charge in [-0.1, -0.05) is 82.9 Å². The molecule has 23 heavy (non-hydrogen) atoms. The Morgan fingerprint density at radius 2 is 1.30 bits per heavy atom. The van der Waals surface area contributed by atoms with Crippen molar-refractivity contribution in [1.29, 1.82) is 0 Å². The molecule has 0 spiro atoms. The average molecular weight is 334 g/mol. The van der Waals surface area contributed by atoms with Crippen LogP contribution in [0.25, 0.3) is 0 Å². The second-order valence-electron chi connectivity index (χ2n) is 5.84. The van der Waals surface area contributed by atoms with E-state index in [4.69, 9.17) is 4.18 Å². The van der Waals surface area contributed by atoms with Crippen LogP contribution < -0.4 is 23.0 Å². The Morgan fingerprint density at radius 1 is 0.826 bits per heavy atom. The smallest absolute Gasteiger partial charge is 1.00 e. The Labute approximate surface area is 156 Å². The van der Waals surface area contributed by atoms with Gasteiger partial charge in [-0.05, 0) is 18.6 Å². The van der Waals surface area contributed by atoms with Crippen LogP contribution in [0.2, 0.25) is 0 Å². The first-order valence-corrected chi connectivity index (χ1v) is 10.2. The third-order valence-corrected chi connectivity index (χ3v) is 4.95. The van der Waals surface area contributed by atoms with E-state index in [-0.39, 0.29) is 26.0 Å². The molecule has 5 heteroatoms. The predicted molar refractivity (Wildman–Crippen MR) is 93.8 cm³/mol. The first-order valence-electron chi connectivity index (χ1n) is 8.61. The zero-order valence-electron chi connectivity index (χ0n) is 15.8. The van der Waals surface area contributed by atoms with Crippen molar-refractivity contribution in [3.8, 4) is 5.75 Å². The zero-order chi connectivity index (χ0) is 16.1. The van der Waals surface area contributed by atoms with Crippen molar-refractivity contribution in [2.75, 3.05) is 5.75 Å². The van der Waals surface area contributed by atoms with Gasteiger partial charge in [0.2, 0.25) is 0 Å². The van der Waals surface area contributed by atoms with E-state index in [1.165, 1.54) is 44.9 Å². The van der Waals surface area contributed by atoms with E-state index in [0.29, 0.717) is 12.2 Å². The minimum atomic E-state index is -3.44. The molecule has 128 valence electrons. The fourth-order valence-corrected chi connectivity index (χ4v) is 3.48. The fourth-order valence-electron chi connectivity index (χ4n) is 2.43. The Kier molecular flexibility index (Phi) is 13.7. The van der Waals surface area contributed by atoms with Crippen LogP contribution in [0.4, 0.5) is 0 Å². The van der Waals surface area contributed by atoms with Crippen molar-refractivity contribution in [2.45, 2.75) is 71.1 Å². The molecule has 0 saturated heterocycles. The minimum absolute atomic E-state index is 0. The second kappa shape index (κ2) is 14.0. The van der Waals surface area contributed by atoms with E-state index in [9.17, 15) is 8.42 Å². The van der Waals surface area contributed by atoms with Crippen LogP contribution in [0, 0.1) is 0 Å². The number of benzene rings is 1. The SMILES string of the molecule is CCCCCCCCCCCCS(=O)(=O)Oc1ccccc1.[H-].[Li+]. The van der Waals surface area contributed by atoms with Crippen LogP contribution in [0.3, 0.4) is 0 Å². The van der Waals surface area contributed by atoms with Gasteiger partial charge in [-0.25, -0.2) is 0 Å². The van der Waals surface area contributed by atoms with Gasteiger partial charge in [0.05, 0.1) is 5.75 Å². The molecule has 0 radical (unpaired) electrons. The Balaban J connectivity index is 0. The van der Waals surface area contributed by atoms with Crippen molar-refractivity contribution in [2.24, 2.45) is 0 Å². The number of hydrogen-bond acceptors (Lipinski definition) is 3. The Morgan fingerprint density at radius 3 is 1.83 bits per heavy atom. The van der Waals surface area contributed by atoms with Crippen molar-refractivity contribution >= 4 is 10.1 Å². The molecule has 0 heterocycles. The molecule has 0 aromatic heterocycles. The van der Waals surface area contributed by atoms with Crippen LogP contribution in [0.1, 0.15) is 72.6 Å². The molecule has 0 N–H and O–H groups in total. The van der Waals surface area contributed by atoms with Gasteiger partial charge in [0, 0.05) is 0 Å². The van der Waals surface area contributed by atoms with E-state index in [0.717, 1.165) is 12.8 Å². The summed E-state index contributed by atoms with van der Waals surface area (Å²) in [6.45, 7) is 2.23. The summed E-state index contributed by atoms with van der Waals surface area (Å²) in [6, 6.07) is 8.70. The number of hydrogen-bond donors (Lipinski definition) is 0. The monoisotopic (exact) mass is 334 g/mol. The topological polar surface area (TPSA) is 43.4 Å². The molecule has 1 rings (SSSR count). The predicted octanol–water partition coefficient (Wildman–Crippen LogP) is 2.43. The van der Waals surface area contributed by atoms with Gasteiger partial charge in [-0.15, -0.1) is 0 Å². The molecule has 0 unspecified atom stereocenters. The quantitative estimate of drug-likeness (QED) is 0.316. The zero-order valence-corrected chi connectivity index (χ0v) is 15.6. The van der Waals surface area contributed by atoms with Gasteiger partial charge >= 0.3 is 29.0 Å². The van der Waals surface area contributed by atoms with Gasteiger partial charge in [0.1, 0.15) is 5.75 Å². The van der Waals surface area contributed by atoms with E-state index >= 15 is 0 Å². The molecule has 0 bridgehead atoms. The summed E-state index contributed by atoms with van der Waals surface area (Å²) in [6.07, 6.45) is 11.9. The first kappa shape index (κ1) is 22.6. The van der Waals surface area contributed by atoms with E-state index in [1.807, 2.05) is 6.07 Å². The van der Waals surface area contributed by atoms with Crippen LogP contribution in [0.5, 0.6) is 5.75 Å². The number of unbranched alkanes of at least 4 members (excludes halogenated alkanes) is 9. The largest absolute Gasteiger partial charge is 1.00 e. The second-order valence-corrected chi connectivity index (χ2v) is 7.53. The van der Waals surface area contributed by atoms with Crippen molar-refractivity contribution in [3.63, 3.8) is 0 Å². The van der Waals surface area contributed by atoms with Gasteiger partial charge in [0.25, 0.3) is 0 Å². The number of rotatable bonds is 13. The first-order chi connectivity index (χ1) is 10.6. The Bertz CT molecular complexity index is 480. The summed E-state index contributed by atoms with van der Waals surface area (Å²) in [4.78, 5) is 0. The molecule has 0 aliphatic carbocycles. The maximum absolute atomic E-state index is 11.8. The van der Waals surface area contributed by atoms with Crippen LogP contribution in [0.15, 0.2) is 30.3 Å². The van der Waals surface area contributed by atoms with Gasteiger partial charge in [-0.3, -0.25) is 0 Å². The summed E-state index contributed by atoms with van der Waals surface area (Å²) in [5, 5.41) is 0. The molecule has 0 aliphatic rings. The van der Waals surface area contributed by atoms with Crippen molar-refractivity contribution in [3.05, 3.63) is 30.3 Å². The summed E-state index contributed by atoms with van der Waals surface area (Å²) in [5.74, 6) is 0.507. The molecule has 0 saturated carbocycles. The molecule has 0 fully saturated rings. The van der Waals surface area contributed by atoms with Crippen molar-refractivity contribution < 1.29 is 32.9 Å². The van der Waals surface area contributed by atoms with Gasteiger partial charge < -0.3 is 5.61 Å². The molecular formula is C18H31LiO3S. The molecule has 1 aromatic carbocycles. The molecular weight excluding hydrogens is 303 g/mol. The molecule has 3 nitrogen and oxygen atoms in total. The number of para-hydroxylation sites is 1. The molecule has 0 amide bonds. The van der Waals surface area contributed by atoms with Crippen LogP contribution in [-0.2, 0) is 10.1 Å². The summed E-state index contributed by atoms with van der Waals surface area (Å²) < 4.78 is 28.7. The van der Waals surface area contributed by atoms with E-state index in [1.54, 1.807) is 24.3 Å².